The third-order valence-corrected chi connectivity index (χ3v) is 7.14. The molecule has 1 amide bonds. The van der Waals surface area contributed by atoms with Crippen molar-refractivity contribution < 1.29 is 38.5 Å². The first kappa shape index (κ1) is 42.5. The van der Waals surface area contributed by atoms with Crippen molar-refractivity contribution in [1.29, 1.82) is 0 Å². The molecule has 2 heterocycles. The van der Waals surface area contributed by atoms with E-state index in [1.165, 1.54) is 19.3 Å². The second kappa shape index (κ2) is 32.0. The molecule has 0 aliphatic heterocycles. The summed E-state index contributed by atoms with van der Waals surface area (Å²) in [6.45, 7) is 8.10. The Morgan fingerprint density at radius 3 is 1.87 bits per heavy atom. The molecule has 2 aromatic heterocycles. The first-order valence-electron chi connectivity index (χ1n) is 17.2. The Balaban J connectivity index is 0.0000110. The van der Waals surface area contributed by atoms with Crippen LogP contribution in [-0.2, 0) is 51.6 Å². The van der Waals surface area contributed by atoms with Crippen molar-refractivity contribution in [3.8, 4) is 0 Å². The van der Waals surface area contributed by atoms with Crippen LogP contribution < -0.4 is 5.32 Å². The van der Waals surface area contributed by atoms with Crippen LogP contribution in [0.25, 0.3) is 0 Å². The van der Waals surface area contributed by atoms with Gasteiger partial charge in [-0.2, -0.15) is 0 Å². The third-order valence-electron chi connectivity index (χ3n) is 7.14. The summed E-state index contributed by atoms with van der Waals surface area (Å²) in [4.78, 5) is 23.2. The van der Waals surface area contributed by atoms with Crippen molar-refractivity contribution in [3.05, 3.63) is 96.6 Å². The molecule has 8 nitrogen and oxygen atoms in total. The van der Waals surface area contributed by atoms with Gasteiger partial charge in [0, 0.05) is 45.0 Å². The van der Waals surface area contributed by atoms with E-state index in [0.29, 0.717) is 52.6 Å². The Hall–Kier alpha value is -2.55. The Labute approximate surface area is 297 Å². The molecule has 0 unspecified atom stereocenters. The minimum atomic E-state index is 0. The van der Waals surface area contributed by atoms with Gasteiger partial charge in [0.1, 0.15) is 0 Å². The maximum Gasteiger partial charge on any atom is 2.00 e. The van der Waals surface area contributed by atoms with E-state index in [-0.39, 0.29) is 25.4 Å². The number of amides is 1. The topological polar surface area (TPSA) is 85.8 Å². The van der Waals surface area contributed by atoms with Gasteiger partial charge in [-0.15, -0.1) is 0 Å². The first-order chi connectivity index (χ1) is 22.8. The Kier molecular flexibility index (Phi) is 28.9. The quantitative estimate of drug-likeness (QED) is 0.0545. The molecule has 0 aliphatic rings. The minimum Gasteiger partial charge on any atom is -0.378 e. The molecular formula is C38H58N4O4Zn+2. The molecule has 47 heavy (non-hydrogen) atoms. The van der Waals surface area contributed by atoms with Gasteiger partial charge in [0.25, 0.3) is 0 Å². The van der Waals surface area contributed by atoms with Crippen LogP contribution in [0.1, 0.15) is 82.5 Å². The molecule has 1 N–H and O–H groups in total. The number of rotatable bonds is 29. The summed E-state index contributed by atoms with van der Waals surface area (Å²) < 4.78 is 17.0. The summed E-state index contributed by atoms with van der Waals surface area (Å²) in [7, 11) is 0. The molecule has 0 saturated carbocycles. The number of nitrogens with zero attached hydrogens (tertiary/aromatic N) is 3. The molecule has 9 heteroatoms. The molecule has 254 valence electrons. The van der Waals surface area contributed by atoms with Gasteiger partial charge in [0.2, 0.25) is 5.91 Å². The van der Waals surface area contributed by atoms with Crippen LogP contribution in [0.15, 0.2) is 85.2 Å². The zero-order valence-corrected chi connectivity index (χ0v) is 31.9. The summed E-state index contributed by atoms with van der Waals surface area (Å²) in [6, 6.07) is 11.9. The minimum absolute atomic E-state index is 0. The Morgan fingerprint density at radius 1 is 0.702 bits per heavy atom. The SMILES string of the molecule is CC/C=C\C/C=C\C/C=C\CCCCCCCC(=O)NCCOCCOCCOCCN(Cc1ccccn1)Cc1ccccn1.[Zn+2]. The molecule has 0 radical (unpaired) electrons. The number of hydrogen-bond donors (Lipinski definition) is 1. The standard InChI is InChI=1S/C38H58N4O4.Zn/c1-2-3-4-5-6-7-8-9-10-11-12-13-14-15-16-23-38(43)41-26-28-44-30-32-46-33-31-45-29-27-42(34-36-21-17-19-24-39-36)35-37-22-18-20-25-40-37;/h3-4,6-7,9-10,17-22,24-25H,2,5,8,11-16,23,26-35H2,1H3,(H,41,43);/q;+2/b4-3-,7-6-,10-9-;. The molecule has 0 aromatic carbocycles. The summed E-state index contributed by atoms with van der Waals surface area (Å²) in [6.07, 6.45) is 27.6. The van der Waals surface area contributed by atoms with Gasteiger partial charge in [0.15, 0.2) is 0 Å². The van der Waals surface area contributed by atoms with Crippen LogP contribution in [0.2, 0.25) is 0 Å². The van der Waals surface area contributed by atoms with Gasteiger partial charge in [0.05, 0.1) is 51.0 Å². The van der Waals surface area contributed by atoms with Crippen molar-refractivity contribution in [2.75, 3.05) is 52.7 Å². The first-order valence-corrected chi connectivity index (χ1v) is 17.2. The van der Waals surface area contributed by atoms with Gasteiger partial charge in [-0.05, 0) is 62.8 Å². The Bertz CT molecular complexity index is 1030. The predicted octanol–water partition coefficient (Wildman–Crippen LogP) is 7.23. The molecule has 0 aliphatic carbocycles. The Morgan fingerprint density at radius 2 is 1.26 bits per heavy atom. The van der Waals surface area contributed by atoms with Crippen LogP contribution >= 0.6 is 0 Å². The van der Waals surface area contributed by atoms with Crippen LogP contribution in [0.3, 0.4) is 0 Å². The van der Waals surface area contributed by atoms with Crippen molar-refractivity contribution in [2.45, 2.75) is 84.2 Å². The second-order valence-electron chi connectivity index (χ2n) is 11.1. The summed E-state index contributed by atoms with van der Waals surface area (Å²) in [5.74, 6) is 0.108. The normalized spacial score (nSPS) is 11.6. The predicted molar refractivity (Wildman–Crippen MR) is 187 cm³/mol. The summed E-state index contributed by atoms with van der Waals surface area (Å²) in [5, 5.41) is 2.94. The van der Waals surface area contributed by atoms with Crippen molar-refractivity contribution in [2.24, 2.45) is 0 Å². The average Bonchev–Trinajstić information content (AvgIpc) is 3.08. The zero-order valence-electron chi connectivity index (χ0n) is 28.9. The summed E-state index contributed by atoms with van der Waals surface area (Å²) in [5.41, 5.74) is 2.05. The van der Waals surface area contributed by atoms with Gasteiger partial charge in [-0.1, -0.05) is 74.8 Å². The van der Waals surface area contributed by atoms with Crippen LogP contribution in [0.5, 0.6) is 0 Å². The van der Waals surface area contributed by atoms with E-state index in [0.717, 1.165) is 69.5 Å². The fourth-order valence-corrected chi connectivity index (χ4v) is 4.65. The van der Waals surface area contributed by atoms with Crippen LogP contribution in [0, 0.1) is 0 Å². The molecule has 0 fully saturated rings. The fourth-order valence-electron chi connectivity index (χ4n) is 4.65. The monoisotopic (exact) mass is 698 g/mol. The molecule has 2 rings (SSSR count). The van der Waals surface area contributed by atoms with E-state index >= 15 is 0 Å². The number of aromatic nitrogens is 2. The van der Waals surface area contributed by atoms with Gasteiger partial charge >= 0.3 is 19.5 Å². The smallest absolute Gasteiger partial charge is 0.378 e. The number of unbranched alkanes of at least 4 members (excludes halogenated alkanes) is 5. The fraction of sp³-hybridized carbons (Fsp3) is 0.553. The van der Waals surface area contributed by atoms with E-state index in [4.69, 9.17) is 14.2 Å². The molecule has 0 bridgehead atoms. The van der Waals surface area contributed by atoms with E-state index in [2.05, 4.69) is 63.6 Å². The number of hydrogen-bond acceptors (Lipinski definition) is 7. The molecular weight excluding hydrogens is 642 g/mol. The molecule has 0 saturated heterocycles. The van der Waals surface area contributed by atoms with Gasteiger partial charge < -0.3 is 19.5 Å². The van der Waals surface area contributed by atoms with E-state index < -0.39 is 0 Å². The number of carbonyl (C=O) groups is 1. The van der Waals surface area contributed by atoms with E-state index in [1.54, 1.807) is 0 Å². The van der Waals surface area contributed by atoms with Crippen LogP contribution in [0.4, 0.5) is 0 Å². The maximum atomic E-state index is 12.0. The second-order valence-corrected chi connectivity index (χ2v) is 11.1. The average molecular weight is 700 g/mol. The molecule has 2 aromatic rings. The van der Waals surface area contributed by atoms with Crippen molar-refractivity contribution in [1.82, 2.24) is 20.2 Å². The number of pyridine rings is 2. The third kappa shape index (κ3) is 26.1. The number of allylic oxidation sites excluding steroid dienone is 6. The maximum absolute atomic E-state index is 12.0. The van der Waals surface area contributed by atoms with Crippen molar-refractivity contribution >= 4 is 5.91 Å². The van der Waals surface area contributed by atoms with Gasteiger partial charge in [-0.25, -0.2) is 0 Å². The van der Waals surface area contributed by atoms with Crippen LogP contribution in [-0.4, -0.2) is 73.5 Å². The van der Waals surface area contributed by atoms with Gasteiger partial charge in [-0.3, -0.25) is 19.7 Å². The van der Waals surface area contributed by atoms with Crippen molar-refractivity contribution in [3.63, 3.8) is 0 Å². The summed E-state index contributed by atoms with van der Waals surface area (Å²) >= 11 is 0. The number of nitrogens with one attached hydrogen (secondary N) is 1. The molecule has 0 atom stereocenters. The van der Waals surface area contributed by atoms with E-state index in [9.17, 15) is 4.79 Å². The zero-order chi connectivity index (χ0) is 32.6. The molecule has 0 spiro atoms. The number of carbonyl (C=O) groups excluding carboxylic acids is 1. The number of ether oxygens (including phenoxy) is 3. The largest absolute Gasteiger partial charge is 2.00 e. The van der Waals surface area contributed by atoms with E-state index in [1.807, 2.05) is 48.8 Å².